The first-order chi connectivity index (χ1) is 8.08. The van der Waals surface area contributed by atoms with E-state index in [0.717, 1.165) is 18.4 Å². The molecule has 94 valence electrons. The molecule has 1 fully saturated rings. The van der Waals surface area contributed by atoms with Gasteiger partial charge < -0.3 is 15.9 Å². The van der Waals surface area contributed by atoms with Crippen LogP contribution >= 0.6 is 0 Å². The van der Waals surface area contributed by atoms with Gasteiger partial charge in [-0.3, -0.25) is 0 Å². The van der Waals surface area contributed by atoms with Crippen molar-refractivity contribution in [3.63, 3.8) is 0 Å². The molecule has 2 rings (SSSR count). The number of rotatable bonds is 5. The van der Waals surface area contributed by atoms with Crippen LogP contribution in [0.1, 0.15) is 18.4 Å². The van der Waals surface area contributed by atoms with Crippen molar-refractivity contribution in [2.24, 2.45) is 11.7 Å². The molecule has 4 N–H and O–H groups in total. The third-order valence-corrected chi connectivity index (χ3v) is 3.28. The fourth-order valence-electron chi connectivity index (χ4n) is 1.98. The summed E-state index contributed by atoms with van der Waals surface area (Å²) in [5.41, 5.74) is 6.71. The van der Waals surface area contributed by atoms with Crippen LogP contribution in [0.2, 0.25) is 0 Å². The van der Waals surface area contributed by atoms with E-state index in [1.807, 2.05) is 0 Å². The van der Waals surface area contributed by atoms with E-state index in [1.165, 1.54) is 12.1 Å². The minimum atomic E-state index is -0.910. The molecule has 1 aromatic carbocycles. The molecule has 0 aromatic heterocycles. The molecule has 0 bridgehead atoms. The molecule has 0 unspecified atom stereocenters. The highest BCUT2D eigenvalue weighted by Gasteiger charge is 2.36. The normalized spacial score (nSPS) is 20.9. The fourth-order valence-corrected chi connectivity index (χ4v) is 1.98. The zero-order valence-electron chi connectivity index (χ0n) is 9.59. The first-order valence-electron chi connectivity index (χ1n) is 5.94. The van der Waals surface area contributed by atoms with Crippen LogP contribution in [-0.2, 0) is 6.42 Å². The van der Waals surface area contributed by atoms with E-state index in [-0.39, 0.29) is 11.7 Å². The van der Waals surface area contributed by atoms with E-state index in [4.69, 9.17) is 5.73 Å². The highest BCUT2D eigenvalue weighted by atomic mass is 19.1. The van der Waals surface area contributed by atoms with Crippen LogP contribution in [0.4, 0.5) is 4.39 Å². The van der Waals surface area contributed by atoms with E-state index in [2.05, 4.69) is 0 Å². The lowest BCUT2D eigenvalue weighted by atomic mass is 9.96. The van der Waals surface area contributed by atoms with Crippen LogP contribution in [0.15, 0.2) is 24.3 Å². The summed E-state index contributed by atoms with van der Waals surface area (Å²) in [5.74, 6) is -0.0925. The highest BCUT2D eigenvalue weighted by Crippen LogP contribution is 2.34. The number of halogens is 1. The fraction of sp³-hybridized carbons (Fsp3) is 0.538. The Morgan fingerprint density at radius 3 is 2.35 bits per heavy atom. The Labute approximate surface area is 100 Å². The summed E-state index contributed by atoms with van der Waals surface area (Å²) in [4.78, 5) is 0. The van der Waals surface area contributed by atoms with Crippen molar-refractivity contribution < 1.29 is 14.6 Å². The standard InChI is InChI=1S/C13H18FNO2/c14-10-5-1-8(2-6-10)7-11(15)13(17)12(16)9-3-4-9/h1-2,5-6,9,11-13,16-17H,3-4,7,15H2/t11-,12-,13+/m0/s1. The van der Waals surface area contributed by atoms with Gasteiger partial charge in [0.05, 0.1) is 12.2 Å². The Balaban J connectivity index is 1.91. The molecule has 0 aliphatic heterocycles. The van der Waals surface area contributed by atoms with Crippen molar-refractivity contribution >= 4 is 0 Å². The molecule has 0 heterocycles. The number of hydrogen-bond donors (Lipinski definition) is 3. The number of benzene rings is 1. The van der Waals surface area contributed by atoms with E-state index < -0.39 is 18.2 Å². The largest absolute Gasteiger partial charge is 0.390 e. The van der Waals surface area contributed by atoms with Gasteiger partial charge in [-0.05, 0) is 42.9 Å². The van der Waals surface area contributed by atoms with Gasteiger partial charge in [-0.25, -0.2) is 4.39 Å². The van der Waals surface area contributed by atoms with Crippen LogP contribution < -0.4 is 5.73 Å². The smallest absolute Gasteiger partial charge is 0.123 e. The van der Waals surface area contributed by atoms with Crippen LogP contribution in [0, 0.1) is 11.7 Å². The SMILES string of the molecule is N[C@@H](Cc1ccc(F)cc1)[C@@H](O)[C@@H](O)C1CC1. The average Bonchev–Trinajstić information content (AvgIpc) is 3.14. The van der Waals surface area contributed by atoms with Crippen LogP contribution in [0.25, 0.3) is 0 Å². The lowest BCUT2D eigenvalue weighted by molar-refractivity contribution is -0.00812. The van der Waals surface area contributed by atoms with Crippen LogP contribution in [0.5, 0.6) is 0 Å². The van der Waals surface area contributed by atoms with Gasteiger partial charge in [0.1, 0.15) is 5.82 Å². The maximum absolute atomic E-state index is 12.7. The number of aliphatic hydroxyl groups excluding tert-OH is 2. The molecule has 1 aromatic rings. The number of hydrogen-bond acceptors (Lipinski definition) is 3. The van der Waals surface area contributed by atoms with Gasteiger partial charge >= 0.3 is 0 Å². The summed E-state index contributed by atoms with van der Waals surface area (Å²) in [6.45, 7) is 0. The molecule has 0 amide bonds. The predicted molar refractivity (Wildman–Crippen MR) is 62.8 cm³/mol. The Morgan fingerprint density at radius 2 is 1.82 bits per heavy atom. The lowest BCUT2D eigenvalue weighted by Crippen LogP contribution is -2.45. The monoisotopic (exact) mass is 239 g/mol. The van der Waals surface area contributed by atoms with E-state index in [0.29, 0.717) is 6.42 Å². The summed E-state index contributed by atoms with van der Waals surface area (Å²) >= 11 is 0. The minimum Gasteiger partial charge on any atom is -0.390 e. The number of nitrogens with two attached hydrogens (primary N) is 1. The number of aliphatic hydroxyl groups is 2. The molecule has 0 radical (unpaired) electrons. The Morgan fingerprint density at radius 1 is 1.24 bits per heavy atom. The first-order valence-corrected chi connectivity index (χ1v) is 5.94. The molecule has 3 atom stereocenters. The first kappa shape index (κ1) is 12.5. The highest BCUT2D eigenvalue weighted by molar-refractivity contribution is 5.17. The van der Waals surface area contributed by atoms with Gasteiger partial charge in [-0.2, -0.15) is 0 Å². The third kappa shape index (κ3) is 3.25. The van der Waals surface area contributed by atoms with Gasteiger partial charge in [0.2, 0.25) is 0 Å². The van der Waals surface area contributed by atoms with Crippen LogP contribution in [-0.4, -0.2) is 28.5 Å². The average molecular weight is 239 g/mol. The molecule has 1 aliphatic rings. The van der Waals surface area contributed by atoms with Crippen molar-refractivity contribution in [2.75, 3.05) is 0 Å². The molecular formula is C13H18FNO2. The van der Waals surface area contributed by atoms with Gasteiger partial charge in [-0.1, -0.05) is 12.1 Å². The minimum absolute atomic E-state index is 0.198. The molecule has 17 heavy (non-hydrogen) atoms. The summed E-state index contributed by atoms with van der Waals surface area (Å²) in [6.07, 6.45) is 0.715. The van der Waals surface area contributed by atoms with Gasteiger partial charge in [0.25, 0.3) is 0 Å². The van der Waals surface area contributed by atoms with Crippen molar-refractivity contribution in [1.82, 2.24) is 0 Å². The second kappa shape index (κ2) is 5.12. The molecule has 0 saturated heterocycles. The summed E-state index contributed by atoms with van der Waals surface area (Å²) < 4.78 is 12.7. The summed E-state index contributed by atoms with van der Waals surface area (Å²) in [7, 11) is 0. The molecule has 1 saturated carbocycles. The Hall–Kier alpha value is -0.970. The van der Waals surface area contributed by atoms with Crippen molar-refractivity contribution in [2.45, 2.75) is 37.5 Å². The lowest BCUT2D eigenvalue weighted by Gasteiger charge is -2.23. The topological polar surface area (TPSA) is 66.5 Å². The third-order valence-electron chi connectivity index (χ3n) is 3.28. The quantitative estimate of drug-likeness (QED) is 0.713. The molecule has 1 aliphatic carbocycles. The zero-order chi connectivity index (χ0) is 12.4. The zero-order valence-corrected chi connectivity index (χ0v) is 9.59. The predicted octanol–water partition coefficient (Wildman–Crippen LogP) is 0.827. The van der Waals surface area contributed by atoms with Crippen molar-refractivity contribution in [3.8, 4) is 0 Å². The molecule has 3 nitrogen and oxygen atoms in total. The molecule has 4 heteroatoms. The van der Waals surface area contributed by atoms with Gasteiger partial charge in [-0.15, -0.1) is 0 Å². The Bertz CT molecular complexity index is 364. The van der Waals surface area contributed by atoms with Crippen molar-refractivity contribution in [3.05, 3.63) is 35.6 Å². The van der Waals surface area contributed by atoms with E-state index in [1.54, 1.807) is 12.1 Å². The second-order valence-corrected chi connectivity index (χ2v) is 4.81. The maximum atomic E-state index is 12.7. The Kier molecular flexibility index (Phi) is 3.76. The summed E-state index contributed by atoms with van der Waals surface area (Å²) in [5, 5.41) is 19.6. The maximum Gasteiger partial charge on any atom is 0.123 e. The second-order valence-electron chi connectivity index (χ2n) is 4.81. The van der Waals surface area contributed by atoms with Gasteiger partial charge in [0, 0.05) is 6.04 Å². The molecule has 0 spiro atoms. The van der Waals surface area contributed by atoms with Crippen LogP contribution in [0.3, 0.4) is 0 Å². The van der Waals surface area contributed by atoms with Gasteiger partial charge in [0.15, 0.2) is 0 Å². The summed E-state index contributed by atoms with van der Waals surface area (Å²) in [6, 6.07) is 5.50. The van der Waals surface area contributed by atoms with E-state index in [9.17, 15) is 14.6 Å². The molecular weight excluding hydrogens is 221 g/mol. The van der Waals surface area contributed by atoms with Crippen molar-refractivity contribution in [1.29, 1.82) is 0 Å². The van der Waals surface area contributed by atoms with E-state index >= 15 is 0 Å².